The van der Waals surface area contributed by atoms with E-state index in [0.29, 0.717) is 17.9 Å². The van der Waals surface area contributed by atoms with Crippen molar-refractivity contribution in [3.05, 3.63) is 42.0 Å². The smallest absolute Gasteiger partial charge is 0.399 e. The maximum atomic E-state index is 12.6. The Balaban J connectivity index is 1.71. The van der Waals surface area contributed by atoms with E-state index in [1.807, 2.05) is 52.8 Å². The highest BCUT2D eigenvalue weighted by atomic mass is 16.7. The van der Waals surface area contributed by atoms with E-state index >= 15 is 0 Å². The molecule has 0 unspecified atom stereocenters. The van der Waals surface area contributed by atoms with Gasteiger partial charge in [0.05, 0.1) is 41.4 Å². The third kappa shape index (κ3) is 2.62. The number of aryl methyl sites for hydroxylation is 1. The molecule has 0 atom stereocenters. The lowest BCUT2D eigenvalue weighted by atomic mass is 9.78. The summed E-state index contributed by atoms with van der Waals surface area (Å²) in [6.07, 6.45) is 3.72. The minimum absolute atomic E-state index is 0.0125. The van der Waals surface area contributed by atoms with Crippen LogP contribution in [0.15, 0.2) is 30.6 Å². The van der Waals surface area contributed by atoms with E-state index in [0.717, 1.165) is 16.7 Å². The fourth-order valence-corrected chi connectivity index (χ4v) is 3.22. The first-order valence-corrected chi connectivity index (χ1v) is 8.78. The molecule has 3 heterocycles. The zero-order valence-electron chi connectivity index (χ0n) is 15.7. The van der Waals surface area contributed by atoms with E-state index in [4.69, 9.17) is 9.31 Å². The Bertz CT molecular complexity index is 864. The average Bonchev–Trinajstić information content (AvgIpc) is 3.00. The van der Waals surface area contributed by atoms with Crippen LogP contribution in [0.3, 0.4) is 0 Å². The molecule has 2 aliphatic heterocycles. The van der Waals surface area contributed by atoms with E-state index < -0.39 is 18.3 Å². The zero-order chi connectivity index (χ0) is 18.7. The molecule has 2 aliphatic rings. The van der Waals surface area contributed by atoms with Gasteiger partial charge in [-0.1, -0.05) is 12.1 Å². The molecule has 1 amide bonds. The van der Waals surface area contributed by atoms with Crippen LogP contribution in [0.5, 0.6) is 0 Å². The molecular weight excluding hydrogens is 329 g/mol. The Kier molecular flexibility index (Phi) is 3.72. The van der Waals surface area contributed by atoms with Crippen LogP contribution in [0, 0.1) is 6.92 Å². The number of benzene rings is 1. The summed E-state index contributed by atoms with van der Waals surface area (Å²) in [6, 6.07) is 5.92. The minimum atomic E-state index is -0.461. The molecule has 1 saturated heterocycles. The second-order valence-electron chi connectivity index (χ2n) is 7.87. The fraction of sp³-hybridized carbons (Fsp3) is 0.421. The molecule has 26 heavy (non-hydrogen) atoms. The van der Waals surface area contributed by atoms with Crippen molar-refractivity contribution >= 4 is 29.9 Å². The maximum absolute atomic E-state index is 12.6. The predicted molar refractivity (Wildman–Crippen MR) is 99.8 cm³/mol. The summed E-state index contributed by atoms with van der Waals surface area (Å²) in [5.41, 5.74) is 2.58. The number of fused-ring (bicyclic) bond motifs is 1. The van der Waals surface area contributed by atoms with Crippen LogP contribution >= 0.6 is 0 Å². The highest BCUT2D eigenvalue weighted by Gasteiger charge is 2.52. The third-order valence-electron chi connectivity index (χ3n) is 5.49. The summed E-state index contributed by atoms with van der Waals surface area (Å²) in [6.45, 7) is 9.93. The molecule has 4 rings (SSSR count). The SMILES string of the molecule is Cc1ncc(N2C(=O)Cc3ccc(B4OC(C)(C)C(C)(C)O4)cc32)cn1. The standard InChI is InChI=1S/C19H22BN3O3/c1-12-21-10-15(11-22-12)23-16-9-14(7-6-13(16)8-17(23)24)20-25-18(2,3)19(4,5)26-20/h6-7,9-11H,8H2,1-5H3. The van der Waals surface area contributed by atoms with Crippen molar-refractivity contribution < 1.29 is 14.1 Å². The van der Waals surface area contributed by atoms with Crippen LogP contribution in [0.25, 0.3) is 0 Å². The van der Waals surface area contributed by atoms with Crippen LogP contribution in [-0.4, -0.2) is 34.2 Å². The van der Waals surface area contributed by atoms with E-state index in [1.54, 1.807) is 17.3 Å². The molecule has 134 valence electrons. The van der Waals surface area contributed by atoms with Crippen LogP contribution in [0.2, 0.25) is 0 Å². The molecule has 1 aromatic carbocycles. The molecule has 6 nitrogen and oxygen atoms in total. The lowest BCUT2D eigenvalue weighted by Gasteiger charge is -2.32. The Morgan fingerprint density at radius 2 is 1.69 bits per heavy atom. The van der Waals surface area contributed by atoms with Gasteiger partial charge in [-0.3, -0.25) is 9.69 Å². The van der Waals surface area contributed by atoms with E-state index in [9.17, 15) is 4.79 Å². The first-order valence-electron chi connectivity index (χ1n) is 8.78. The number of carbonyl (C=O) groups excluding carboxylic acids is 1. The summed E-state index contributed by atoms with van der Waals surface area (Å²) in [5.74, 6) is 0.685. The maximum Gasteiger partial charge on any atom is 0.494 e. The molecule has 1 fully saturated rings. The zero-order valence-corrected chi connectivity index (χ0v) is 15.7. The van der Waals surface area contributed by atoms with Crippen molar-refractivity contribution in [3.8, 4) is 0 Å². The van der Waals surface area contributed by atoms with Crippen LogP contribution in [-0.2, 0) is 20.5 Å². The van der Waals surface area contributed by atoms with E-state index in [2.05, 4.69) is 9.97 Å². The van der Waals surface area contributed by atoms with Gasteiger partial charge in [0.1, 0.15) is 5.82 Å². The van der Waals surface area contributed by atoms with Gasteiger partial charge >= 0.3 is 7.12 Å². The van der Waals surface area contributed by atoms with Crippen molar-refractivity contribution in [1.29, 1.82) is 0 Å². The predicted octanol–water partition coefficient (Wildman–Crippen LogP) is 2.31. The first-order chi connectivity index (χ1) is 12.2. The second kappa shape index (κ2) is 5.63. The van der Waals surface area contributed by atoms with Gasteiger partial charge in [0.15, 0.2) is 0 Å². The van der Waals surface area contributed by atoms with E-state index in [-0.39, 0.29) is 5.91 Å². The van der Waals surface area contributed by atoms with Gasteiger partial charge in [-0.2, -0.15) is 0 Å². The van der Waals surface area contributed by atoms with Gasteiger partial charge in [0.2, 0.25) is 5.91 Å². The normalized spacial score (nSPS) is 20.6. The van der Waals surface area contributed by atoms with Gasteiger partial charge in [-0.15, -0.1) is 0 Å². The Morgan fingerprint density at radius 1 is 1.08 bits per heavy atom. The van der Waals surface area contributed by atoms with Crippen molar-refractivity contribution in [3.63, 3.8) is 0 Å². The molecular formula is C19H22BN3O3. The highest BCUT2D eigenvalue weighted by molar-refractivity contribution is 6.62. The number of rotatable bonds is 2. The Hall–Kier alpha value is -2.25. The minimum Gasteiger partial charge on any atom is -0.399 e. The number of aromatic nitrogens is 2. The van der Waals surface area contributed by atoms with Crippen molar-refractivity contribution in [2.75, 3.05) is 4.90 Å². The van der Waals surface area contributed by atoms with Gasteiger partial charge < -0.3 is 9.31 Å². The number of carbonyl (C=O) groups is 1. The molecule has 0 bridgehead atoms. The summed E-state index contributed by atoms with van der Waals surface area (Å²) in [4.78, 5) is 22.7. The molecule has 7 heteroatoms. The Morgan fingerprint density at radius 3 is 2.31 bits per heavy atom. The van der Waals surface area contributed by atoms with Crippen LogP contribution < -0.4 is 10.4 Å². The molecule has 0 aliphatic carbocycles. The summed E-state index contributed by atoms with van der Waals surface area (Å²) < 4.78 is 12.3. The van der Waals surface area contributed by atoms with Crippen molar-refractivity contribution in [2.24, 2.45) is 0 Å². The number of anilines is 2. The van der Waals surface area contributed by atoms with Gasteiger partial charge in [-0.25, -0.2) is 9.97 Å². The van der Waals surface area contributed by atoms with Gasteiger partial charge in [0, 0.05) is 0 Å². The van der Waals surface area contributed by atoms with Crippen molar-refractivity contribution in [2.45, 2.75) is 52.2 Å². The summed E-state index contributed by atoms with van der Waals surface area (Å²) in [7, 11) is -0.461. The number of hydrogen-bond donors (Lipinski definition) is 0. The molecule has 1 aromatic heterocycles. The van der Waals surface area contributed by atoms with Crippen LogP contribution in [0.4, 0.5) is 11.4 Å². The largest absolute Gasteiger partial charge is 0.494 e. The molecule has 0 radical (unpaired) electrons. The molecule has 2 aromatic rings. The number of hydrogen-bond acceptors (Lipinski definition) is 5. The molecule has 0 spiro atoms. The fourth-order valence-electron chi connectivity index (χ4n) is 3.22. The van der Waals surface area contributed by atoms with Crippen LogP contribution in [0.1, 0.15) is 39.1 Å². The third-order valence-corrected chi connectivity index (χ3v) is 5.49. The Labute approximate surface area is 153 Å². The van der Waals surface area contributed by atoms with Gasteiger partial charge in [0.25, 0.3) is 0 Å². The highest BCUT2D eigenvalue weighted by Crippen LogP contribution is 2.38. The van der Waals surface area contributed by atoms with Gasteiger partial charge in [-0.05, 0) is 51.7 Å². The quantitative estimate of drug-likeness (QED) is 0.777. The summed E-state index contributed by atoms with van der Waals surface area (Å²) >= 11 is 0. The summed E-state index contributed by atoms with van der Waals surface area (Å²) in [5, 5.41) is 0. The second-order valence-corrected chi connectivity index (χ2v) is 7.87. The van der Waals surface area contributed by atoms with Crippen molar-refractivity contribution in [1.82, 2.24) is 9.97 Å². The topological polar surface area (TPSA) is 64.6 Å². The lowest BCUT2D eigenvalue weighted by molar-refractivity contribution is -0.116. The monoisotopic (exact) mass is 351 g/mol. The first kappa shape index (κ1) is 17.2. The lowest BCUT2D eigenvalue weighted by Crippen LogP contribution is -2.41. The van der Waals surface area contributed by atoms with E-state index in [1.165, 1.54) is 0 Å². The molecule has 0 saturated carbocycles. The number of amides is 1. The average molecular weight is 351 g/mol. The molecule has 0 N–H and O–H groups in total. The number of nitrogens with zero attached hydrogens (tertiary/aromatic N) is 3.